The van der Waals surface area contributed by atoms with Gasteiger partial charge in [-0.1, -0.05) is 32.9 Å². The molecule has 2 N–H and O–H groups in total. The molecule has 1 aliphatic carbocycles. The van der Waals surface area contributed by atoms with E-state index in [0.717, 1.165) is 19.5 Å². The predicted octanol–water partition coefficient (Wildman–Crippen LogP) is 2.16. The lowest BCUT2D eigenvalue weighted by atomic mass is 10.0. The van der Waals surface area contributed by atoms with Gasteiger partial charge in [-0.05, 0) is 31.6 Å². The van der Waals surface area contributed by atoms with Gasteiger partial charge in [-0.15, -0.1) is 0 Å². The van der Waals surface area contributed by atoms with Crippen LogP contribution in [0.25, 0.3) is 0 Å². The monoisotopic (exact) mass is 318 g/mol. The van der Waals surface area contributed by atoms with Crippen LogP contribution in [0.3, 0.4) is 0 Å². The molecule has 3 rings (SSSR count). The number of ketones is 1. The second-order valence-corrected chi connectivity index (χ2v) is 5.82. The van der Waals surface area contributed by atoms with Crippen molar-refractivity contribution in [3.63, 3.8) is 0 Å². The molecule has 1 aromatic rings. The summed E-state index contributed by atoms with van der Waals surface area (Å²) >= 11 is 0. The smallest absolute Gasteiger partial charge is 0.265 e. The molecule has 5 heteroatoms. The minimum Gasteiger partial charge on any atom is -0.476 e. The molecule has 126 valence electrons. The molecule has 1 aliphatic heterocycles. The van der Waals surface area contributed by atoms with E-state index in [1.165, 1.54) is 0 Å². The predicted molar refractivity (Wildman–Crippen MR) is 89.8 cm³/mol. The van der Waals surface area contributed by atoms with E-state index >= 15 is 0 Å². The van der Waals surface area contributed by atoms with Crippen LogP contribution >= 0.6 is 0 Å². The molecule has 0 spiro atoms. The Morgan fingerprint density at radius 3 is 2.57 bits per heavy atom. The van der Waals surface area contributed by atoms with Crippen molar-refractivity contribution in [2.24, 2.45) is 5.92 Å². The number of fused-ring (bicyclic) bond motifs is 2. The molecule has 1 amide bonds. The van der Waals surface area contributed by atoms with E-state index in [1.54, 1.807) is 12.1 Å². The third-order valence-electron chi connectivity index (χ3n) is 4.09. The Labute approximate surface area is 137 Å². The van der Waals surface area contributed by atoms with Gasteiger partial charge < -0.3 is 15.4 Å². The van der Waals surface area contributed by atoms with Crippen molar-refractivity contribution >= 4 is 11.7 Å². The van der Waals surface area contributed by atoms with Gasteiger partial charge in [0.05, 0.1) is 11.5 Å². The third kappa shape index (κ3) is 3.55. The first-order chi connectivity index (χ1) is 11.1. The number of benzene rings is 1. The number of rotatable bonds is 5. The number of hydrogen-bond acceptors (Lipinski definition) is 4. The Kier molecular flexibility index (Phi) is 5.77. The van der Waals surface area contributed by atoms with Gasteiger partial charge >= 0.3 is 0 Å². The van der Waals surface area contributed by atoms with Gasteiger partial charge in [0.25, 0.3) is 5.91 Å². The maximum atomic E-state index is 12.2. The van der Waals surface area contributed by atoms with E-state index in [2.05, 4.69) is 24.5 Å². The molecule has 23 heavy (non-hydrogen) atoms. The Morgan fingerprint density at radius 1 is 1.26 bits per heavy atom. The van der Waals surface area contributed by atoms with Crippen molar-refractivity contribution < 1.29 is 14.3 Å². The molecule has 2 atom stereocenters. The molecule has 1 fully saturated rings. The molecule has 0 bridgehead atoms. The highest BCUT2D eigenvalue weighted by molar-refractivity contribution is 6.10. The van der Waals surface area contributed by atoms with Crippen LogP contribution in [0.1, 0.15) is 44.0 Å². The minimum atomic E-state index is -0.930. The molecule has 0 aromatic heterocycles. The van der Waals surface area contributed by atoms with Gasteiger partial charge in [0.15, 0.2) is 11.4 Å². The zero-order valence-corrected chi connectivity index (χ0v) is 14.1. The number of Topliss-reactive ketones (excluding diaryl/α,β-unsaturated/α-hetero) is 1. The van der Waals surface area contributed by atoms with E-state index in [4.69, 9.17) is 4.74 Å². The second-order valence-electron chi connectivity index (χ2n) is 5.82. The molecule has 1 heterocycles. The average Bonchev–Trinajstić information content (AvgIpc) is 3.30. The van der Waals surface area contributed by atoms with Crippen LogP contribution in [0.2, 0.25) is 0 Å². The summed E-state index contributed by atoms with van der Waals surface area (Å²) in [4.78, 5) is 24.3. The molecule has 1 aromatic carbocycles. The summed E-state index contributed by atoms with van der Waals surface area (Å²) in [6.45, 7) is 9.00. The van der Waals surface area contributed by atoms with Crippen LogP contribution < -0.4 is 15.4 Å². The molecular formula is C18H26N2O3. The summed E-state index contributed by atoms with van der Waals surface area (Å²) in [6, 6.07) is 7.12. The lowest BCUT2D eigenvalue weighted by Crippen LogP contribution is -2.45. The van der Waals surface area contributed by atoms with E-state index in [9.17, 15) is 9.59 Å². The van der Waals surface area contributed by atoms with Gasteiger partial charge in [-0.3, -0.25) is 9.59 Å². The third-order valence-corrected chi connectivity index (χ3v) is 4.09. The van der Waals surface area contributed by atoms with E-state index < -0.39 is 5.60 Å². The quantitative estimate of drug-likeness (QED) is 0.873. The highest BCUT2D eigenvalue weighted by Crippen LogP contribution is 2.53. The van der Waals surface area contributed by atoms with Crippen LogP contribution in [-0.2, 0) is 4.79 Å². The van der Waals surface area contributed by atoms with Crippen molar-refractivity contribution in [2.45, 2.75) is 39.2 Å². The Bertz CT molecular complexity index is 571. The maximum Gasteiger partial charge on any atom is 0.265 e. The number of carbonyl (C=O) groups excluding carboxylic acids is 2. The summed E-state index contributed by atoms with van der Waals surface area (Å²) in [5.41, 5.74) is -0.334. The lowest BCUT2D eigenvalue weighted by molar-refractivity contribution is -0.130. The van der Waals surface area contributed by atoms with Crippen molar-refractivity contribution in [3.8, 4) is 5.75 Å². The van der Waals surface area contributed by atoms with Crippen LogP contribution in [-0.4, -0.2) is 36.9 Å². The first kappa shape index (κ1) is 17.5. The normalized spacial score (nSPS) is 23.6. The van der Waals surface area contributed by atoms with E-state index in [-0.39, 0.29) is 17.6 Å². The number of nitrogens with one attached hydrogen (secondary N) is 2. The first-order valence-electron chi connectivity index (χ1n) is 8.41. The van der Waals surface area contributed by atoms with Crippen LogP contribution in [0.4, 0.5) is 0 Å². The molecule has 2 unspecified atom stereocenters. The van der Waals surface area contributed by atoms with Gasteiger partial charge in [-0.25, -0.2) is 0 Å². The average molecular weight is 318 g/mol. The molecular weight excluding hydrogens is 292 g/mol. The SMILES string of the molecule is CCCNC(=O)C12CC1C(=O)c1ccccc1O2.CCNCC. The topological polar surface area (TPSA) is 67.4 Å². The summed E-state index contributed by atoms with van der Waals surface area (Å²) < 4.78 is 5.79. The second kappa shape index (κ2) is 7.59. The van der Waals surface area contributed by atoms with Crippen molar-refractivity contribution in [1.29, 1.82) is 0 Å². The highest BCUT2D eigenvalue weighted by Gasteiger charge is 2.68. The van der Waals surface area contributed by atoms with E-state index in [0.29, 0.717) is 24.3 Å². The Morgan fingerprint density at radius 2 is 1.96 bits per heavy atom. The fraction of sp³-hybridized carbons (Fsp3) is 0.556. The molecule has 0 saturated heterocycles. The molecule has 2 aliphatic rings. The molecule has 0 radical (unpaired) electrons. The molecule has 5 nitrogen and oxygen atoms in total. The van der Waals surface area contributed by atoms with Crippen LogP contribution in [0.15, 0.2) is 24.3 Å². The first-order valence-corrected chi connectivity index (χ1v) is 8.41. The van der Waals surface area contributed by atoms with Gasteiger partial charge in [0, 0.05) is 13.0 Å². The van der Waals surface area contributed by atoms with Gasteiger partial charge in [0.1, 0.15) is 5.75 Å². The van der Waals surface area contributed by atoms with Crippen molar-refractivity contribution in [2.75, 3.05) is 19.6 Å². The van der Waals surface area contributed by atoms with Gasteiger partial charge in [-0.2, -0.15) is 0 Å². The van der Waals surface area contributed by atoms with Crippen molar-refractivity contribution in [3.05, 3.63) is 29.8 Å². The summed E-state index contributed by atoms with van der Waals surface area (Å²) in [5, 5.41) is 5.93. The summed E-state index contributed by atoms with van der Waals surface area (Å²) in [7, 11) is 0. The van der Waals surface area contributed by atoms with Gasteiger partial charge in [0.2, 0.25) is 0 Å². The summed E-state index contributed by atoms with van der Waals surface area (Å²) in [5.74, 6) is 0.104. The zero-order valence-electron chi connectivity index (χ0n) is 14.1. The van der Waals surface area contributed by atoms with Crippen LogP contribution in [0, 0.1) is 5.92 Å². The minimum absolute atomic E-state index is 0.0310. The number of ether oxygens (including phenoxy) is 1. The van der Waals surface area contributed by atoms with Crippen LogP contribution in [0.5, 0.6) is 5.75 Å². The maximum absolute atomic E-state index is 12.2. The standard InChI is InChI=1S/C14H15NO3.C4H11N/c1-2-7-15-13(17)14-8-10(14)12(16)9-5-3-4-6-11(9)18-14;1-3-5-4-2/h3-6,10H,2,7-8H2,1H3,(H,15,17);5H,3-4H2,1-2H3. The Hall–Kier alpha value is -1.88. The Balaban J connectivity index is 0.000000338. The number of amides is 1. The number of para-hydroxylation sites is 1. The number of carbonyl (C=O) groups is 2. The fourth-order valence-corrected chi connectivity index (χ4v) is 2.74. The lowest BCUT2D eigenvalue weighted by Gasteiger charge is -2.24. The van der Waals surface area contributed by atoms with E-state index in [1.807, 2.05) is 19.1 Å². The highest BCUT2D eigenvalue weighted by atomic mass is 16.5. The fourth-order valence-electron chi connectivity index (χ4n) is 2.74. The summed E-state index contributed by atoms with van der Waals surface area (Å²) in [6.07, 6.45) is 1.37. The number of hydrogen-bond donors (Lipinski definition) is 2. The van der Waals surface area contributed by atoms with Crippen molar-refractivity contribution in [1.82, 2.24) is 10.6 Å². The largest absolute Gasteiger partial charge is 0.476 e. The molecule has 1 saturated carbocycles. The zero-order chi connectivity index (χ0) is 16.9.